The molecule has 3 rings (SSSR count). The van der Waals surface area contributed by atoms with Crippen LogP contribution in [0.15, 0.2) is 60.0 Å². The van der Waals surface area contributed by atoms with Crippen LogP contribution in [0.4, 0.5) is 15.8 Å². The molecule has 0 saturated heterocycles. The summed E-state index contributed by atoms with van der Waals surface area (Å²) in [6.45, 7) is 0. The van der Waals surface area contributed by atoms with E-state index in [9.17, 15) is 29.4 Å². The summed E-state index contributed by atoms with van der Waals surface area (Å²) in [6.07, 6.45) is 0. The highest BCUT2D eigenvalue weighted by molar-refractivity contribution is 7.10. The first-order chi connectivity index (χ1) is 13.3. The Morgan fingerprint density at radius 1 is 1.00 bits per heavy atom. The summed E-state index contributed by atoms with van der Waals surface area (Å²) < 4.78 is 13.2. The third-order valence-electron chi connectivity index (χ3n) is 3.89. The smallest absolute Gasteiger partial charge is 0.277 e. The fourth-order valence-corrected chi connectivity index (χ4v) is 3.38. The van der Waals surface area contributed by atoms with E-state index >= 15 is 0 Å². The van der Waals surface area contributed by atoms with Gasteiger partial charge in [-0.3, -0.25) is 25.0 Å². The van der Waals surface area contributed by atoms with Gasteiger partial charge < -0.3 is 5.32 Å². The summed E-state index contributed by atoms with van der Waals surface area (Å²) >= 11 is 1.36. The van der Waals surface area contributed by atoms with Gasteiger partial charge in [-0.05, 0) is 29.1 Å². The summed E-state index contributed by atoms with van der Waals surface area (Å²) in [6, 6.07) is 11.2. The Hall–Kier alpha value is -3.66. The zero-order chi connectivity index (χ0) is 20.3. The van der Waals surface area contributed by atoms with E-state index in [-0.39, 0.29) is 5.56 Å². The maximum absolute atomic E-state index is 13.2. The van der Waals surface area contributed by atoms with Gasteiger partial charge >= 0.3 is 0 Å². The molecule has 0 fully saturated rings. The minimum atomic E-state index is -0.805. The summed E-state index contributed by atoms with van der Waals surface area (Å²) in [4.78, 5) is 33.9. The first-order valence-electron chi connectivity index (χ1n) is 7.89. The lowest BCUT2D eigenvalue weighted by atomic mass is 10.0. The topological polar surface area (TPSA) is 115 Å². The van der Waals surface area contributed by atoms with E-state index < -0.39 is 39.0 Å². The number of thiophene rings is 1. The number of halogens is 1. The molecule has 142 valence electrons. The zero-order valence-corrected chi connectivity index (χ0v) is 14.9. The van der Waals surface area contributed by atoms with Crippen molar-refractivity contribution in [3.63, 3.8) is 0 Å². The van der Waals surface area contributed by atoms with Crippen molar-refractivity contribution in [2.45, 2.75) is 6.04 Å². The Bertz CT molecular complexity index is 1010. The number of carbonyl (C=O) groups is 1. The van der Waals surface area contributed by atoms with Gasteiger partial charge in [0.05, 0.1) is 27.5 Å². The molecule has 0 saturated carbocycles. The molecule has 0 aliphatic heterocycles. The van der Waals surface area contributed by atoms with Crippen LogP contribution in [0, 0.1) is 26.0 Å². The Kier molecular flexibility index (Phi) is 5.41. The predicted octanol–water partition coefficient (Wildman–Crippen LogP) is 4.22. The van der Waals surface area contributed by atoms with Crippen LogP contribution >= 0.6 is 11.3 Å². The Morgan fingerprint density at radius 3 is 2.11 bits per heavy atom. The van der Waals surface area contributed by atoms with Gasteiger partial charge in [-0.2, -0.15) is 0 Å². The SMILES string of the molecule is O=C(NC(c1ccc(F)cc1)c1cccs1)c1cc([N+](=O)[O-])cc([N+](=O)[O-])c1. The van der Waals surface area contributed by atoms with Gasteiger partial charge in [0, 0.05) is 17.0 Å². The number of nitro benzene ring substituents is 2. The number of benzene rings is 2. The number of nitro groups is 2. The number of hydrogen-bond donors (Lipinski definition) is 1. The minimum absolute atomic E-state index is 0.218. The van der Waals surface area contributed by atoms with E-state index in [1.165, 1.54) is 35.6 Å². The monoisotopic (exact) mass is 401 g/mol. The van der Waals surface area contributed by atoms with Crippen LogP contribution in [0.3, 0.4) is 0 Å². The average molecular weight is 401 g/mol. The van der Waals surface area contributed by atoms with Crippen molar-refractivity contribution >= 4 is 28.6 Å². The van der Waals surface area contributed by atoms with E-state index in [4.69, 9.17) is 0 Å². The van der Waals surface area contributed by atoms with Crippen molar-refractivity contribution in [1.82, 2.24) is 5.32 Å². The molecule has 0 radical (unpaired) electrons. The van der Waals surface area contributed by atoms with Crippen LogP contribution < -0.4 is 5.32 Å². The van der Waals surface area contributed by atoms with Crippen molar-refractivity contribution in [1.29, 1.82) is 0 Å². The van der Waals surface area contributed by atoms with Crippen LogP contribution in [0.2, 0.25) is 0 Å². The number of nitrogens with one attached hydrogen (secondary N) is 1. The Balaban J connectivity index is 1.97. The number of hydrogen-bond acceptors (Lipinski definition) is 6. The summed E-state index contributed by atoms with van der Waals surface area (Å²) in [5, 5.41) is 26.6. The highest BCUT2D eigenvalue weighted by Gasteiger charge is 2.23. The molecule has 1 unspecified atom stereocenters. The summed E-state index contributed by atoms with van der Waals surface area (Å²) in [5.74, 6) is -1.16. The molecule has 0 aliphatic carbocycles. The van der Waals surface area contributed by atoms with E-state index in [0.717, 1.165) is 23.1 Å². The number of carbonyl (C=O) groups excluding carboxylic acids is 1. The molecule has 8 nitrogen and oxygen atoms in total. The Morgan fingerprint density at radius 2 is 1.61 bits per heavy atom. The fourth-order valence-electron chi connectivity index (χ4n) is 2.58. The number of non-ortho nitro benzene ring substituents is 2. The molecule has 10 heteroatoms. The van der Waals surface area contributed by atoms with Gasteiger partial charge in [-0.1, -0.05) is 18.2 Å². The third kappa shape index (κ3) is 4.18. The van der Waals surface area contributed by atoms with Gasteiger partial charge in [-0.25, -0.2) is 4.39 Å². The second kappa shape index (κ2) is 7.92. The second-order valence-electron chi connectivity index (χ2n) is 5.73. The van der Waals surface area contributed by atoms with Crippen LogP contribution in [0.25, 0.3) is 0 Å². The molecule has 1 N–H and O–H groups in total. The molecule has 0 aliphatic rings. The summed E-state index contributed by atoms with van der Waals surface area (Å²) in [5.41, 5.74) is -0.746. The number of nitrogens with zero attached hydrogens (tertiary/aromatic N) is 2. The Labute approximate surface area is 161 Å². The normalized spacial score (nSPS) is 11.6. The van der Waals surface area contributed by atoms with E-state index in [2.05, 4.69) is 5.32 Å². The molecule has 1 amide bonds. The predicted molar refractivity (Wildman–Crippen MR) is 99.8 cm³/mol. The van der Waals surface area contributed by atoms with E-state index in [1.54, 1.807) is 17.5 Å². The van der Waals surface area contributed by atoms with Gasteiger partial charge in [0.1, 0.15) is 5.82 Å². The molecule has 3 aromatic rings. The van der Waals surface area contributed by atoms with Gasteiger partial charge in [-0.15, -0.1) is 11.3 Å². The average Bonchev–Trinajstić information content (AvgIpc) is 3.20. The molecule has 1 atom stereocenters. The van der Waals surface area contributed by atoms with E-state index in [0.29, 0.717) is 5.56 Å². The lowest BCUT2D eigenvalue weighted by Crippen LogP contribution is -2.29. The summed E-state index contributed by atoms with van der Waals surface area (Å²) in [7, 11) is 0. The maximum atomic E-state index is 13.2. The zero-order valence-electron chi connectivity index (χ0n) is 14.1. The maximum Gasteiger partial charge on any atom is 0.277 e. The highest BCUT2D eigenvalue weighted by Crippen LogP contribution is 2.28. The molecule has 0 spiro atoms. The number of rotatable bonds is 6. The van der Waals surface area contributed by atoms with Crippen molar-refractivity contribution in [2.75, 3.05) is 0 Å². The molecule has 1 heterocycles. The van der Waals surface area contributed by atoms with Crippen molar-refractivity contribution < 1.29 is 19.0 Å². The lowest BCUT2D eigenvalue weighted by molar-refractivity contribution is -0.394. The van der Waals surface area contributed by atoms with Gasteiger partial charge in [0.25, 0.3) is 17.3 Å². The van der Waals surface area contributed by atoms with Crippen molar-refractivity contribution in [3.05, 3.63) is 102 Å². The van der Waals surface area contributed by atoms with Crippen molar-refractivity contribution in [2.24, 2.45) is 0 Å². The standard InChI is InChI=1S/C18H12FN3O5S/c19-13-5-3-11(4-6-13)17(16-2-1-7-28-16)20-18(23)12-8-14(21(24)25)10-15(9-12)22(26)27/h1-10,17H,(H,20,23). The lowest BCUT2D eigenvalue weighted by Gasteiger charge is -2.18. The van der Waals surface area contributed by atoms with Crippen LogP contribution in [0.5, 0.6) is 0 Å². The van der Waals surface area contributed by atoms with Gasteiger partial charge in [0.15, 0.2) is 0 Å². The van der Waals surface area contributed by atoms with Crippen molar-refractivity contribution in [3.8, 4) is 0 Å². The molecule has 2 aromatic carbocycles. The highest BCUT2D eigenvalue weighted by atomic mass is 32.1. The fraction of sp³-hybridized carbons (Fsp3) is 0.0556. The van der Waals surface area contributed by atoms with Gasteiger partial charge in [0.2, 0.25) is 0 Å². The molecule has 0 bridgehead atoms. The van der Waals surface area contributed by atoms with Crippen LogP contribution in [-0.4, -0.2) is 15.8 Å². The van der Waals surface area contributed by atoms with Crippen LogP contribution in [-0.2, 0) is 0 Å². The number of amides is 1. The minimum Gasteiger partial charge on any atom is -0.340 e. The first-order valence-corrected chi connectivity index (χ1v) is 8.76. The molecular formula is C18H12FN3O5S. The first kappa shape index (κ1) is 19.1. The second-order valence-corrected chi connectivity index (χ2v) is 6.71. The third-order valence-corrected chi connectivity index (χ3v) is 4.83. The quantitative estimate of drug-likeness (QED) is 0.490. The molecule has 1 aromatic heterocycles. The van der Waals surface area contributed by atoms with Crippen LogP contribution in [0.1, 0.15) is 26.8 Å². The largest absolute Gasteiger partial charge is 0.340 e. The molecular weight excluding hydrogens is 389 g/mol. The van der Waals surface area contributed by atoms with E-state index in [1.807, 2.05) is 0 Å². The molecule has 28 heavy (non-hydrogen) atoms.